The summed E-state index contributed by atoms with van der Waals surface area (Å²) in [7, 11) is 4.00. The maximum absolute atomic E-state index is 5.66. The van der Waals surface area contributed by atoms with Crippen molar-refractivity contribution in [2.45, 2.75) is 97.5 Å². The van der Waals surface area contributed by atoms with Crippen LogP contribution in [-0.4, -0.2) is 24.2 Å². The summed E-state index contributed by atoms with van der Waals surface area (Å²) in [5, 5.41) is 0. The second-order valence-corrected chi connectivity index (χ2v) is 8.62. The fraction of sp³-hybridized carbons (Fsp3) is 1.00. The van der Waals surface area contributed by atoms with E-state index >= 15 is 0 Å². The molecular formula is C18H38OS2. The fourth-order valence-corrected chi connectivity index (χ4v) is 4.15. The molecule has 0 rings (SSSR count). The molecule has 3 heteroatoms. The zero-order valence-corrected chi connectivity index (χ0v) is 16.3. The Kier molecular flexibility index (Phi) is 19.3. The quantitative estimate of drug-likeness (QED) is 0.207. The van der Waals surface area contributed by atoms with Gasteiger partial charge in [0.2, 0.25) is 0 Å². The molecule has 1 unspecified atom stereocenters. The standard InChI is InChI=1S/C18H38OS2/c1-4-6-7-8-9-10-11-12-13-14-16-20-21-17-15-19-18(3)5-2/h18H,4-17H2,1-3H3. The Morgan fingerprint density at radius 1 is 0.714 bits per heavy atom. The van der Waals surface area contributed by atoms with Crippen LogP contribution in [0.2, 0.25) is 0 Å². The van der Waals surface area contributed by atoms with Gasteiger partial charge in [0.25, 0.3) is 0 Å². The third-order valence-electron chi connectivity index (χ3n) is 3.81. The Morgan fingerprint density at radius 2 is 1.24 bits per heavy atom. The van der Waals surface area contributed by atoms with Gasteiger partial charge in [0.1, 0.15) is 0 Å². The highest BCUT2D eigenvalue weighted by atomic mass is 33.1. The third-order valence-corrected chi connectivity index (χ3v) is 6.26. The van der Waals surface area contributed by atoms with Gasteiger partial charge in [-0.2, -0.15) is 0 Å². The summed E-state index contributed by atoms with van der Waals surface area (Å²) in [5.74, 6) is 2.44. The molecule has 0 N–H and O–H groups in total. The summed E-state index contributed by atoms with van der Waals surface area (Å²) in [4.78, 5) is 0. The van der Waals surface area contributed by atoms with Crippen LogP contribution in [0, 0.1) is 0 Å². The highest BCUT2D eigenvalue weighted by Crippen LogP contribution is 2.23. The minimum Gasteiger partial charge on any atom is -0.378 e. The van der Waals surface area contributed by atoms with Gasteiger partial charge in [-0.25, -0.2) is 0 Å². The SMILES string of the molecule is CCCCCCCCCCCCSSCCOC(C)CC. The van der Waals surface area contributed by atoms with Gasteiger partial charge < -0.3 is 4.74 Å². The van der Waals surface area contributed by atoms with Crippen LogP contribution < -0.4 is 0 Å². The highest BCUT2D eigenvalue weighted by molar-refractivity contribution is 8.76. The zero-order valence-electron chi connectivity index (χ0n) is 14.7. The number of unbranched alkanes of at least 4 members (excludes halogenated alkanes) is 9. The number of hydrogen-bond donors (Lipinski definition) is 0. The van der Waals surface area contributed by atoms with E-state index in [-0.39, 0.29) is 0 Å². The van der Waals surface area contributed by atoms with Gasteiger partial charge in [-0.3, -0.25) is 0 Å². The van der Waals surface area contributed by atoms with Crippen molar-refractivity contribution >= 4 is 21.6 Å². The van der Waals surface area contributed by atoms with E-state index in [0.29, 0.717) is 6.10 Å². The predicted molar refractivity (Wildman–Crippen MR) is 102 cm³/mol. The third kappa shape index (κ3) is 18.6. The van der Waals surface area contributed by atoms with E-state index in [1.165, 1.54) is 70.0 Å². The molecule has 0 aliphatic carbocycles. The molecule has 0 amide bonds. The van der Waals surface area contributed by atoms with E-state index < -0.39 is 0 Å². The monoisotopic (exact) mass is 334 g/mol. The number of ether oxygens (including phenoxy) is 1. The molecule has 0 aliphatic rings. The molecule has 1 atom stereocenters. The van der Waals surface area contributed by atoms with Gasteiger partial charge in [0.05, 0.1) is 12.7 Å². The molecule has 0 aromatic carbocycles. The lowest BCUT2D eigenvalue weighted by Crippen LogP contribution is -2.08. The molecule has 0 saturated heterocycles. The molecular weight excluding hydrogens is 296 g/mol. The lowest BCUT2D eigenvalue weighted by molar-refractivity contribution is 0.0760. The van der Waals surface area contributed by atoms with Crippen LogP contribution in [0.1, 0.15) is 91.4 Å². The van der Waals surface area contributed by atoms with Gasteiger partial charge in [0, 0.05) is 11.5 Å². The van der Waals surface area contributed by atoms with E-state index in [4.69, 9.17) is 4.74 Å². The van der Waals surface area contributed by atoms with Crippen molar-refractivity contribution in [2.24, 2.45) is 0 Å². The summed E-state index contributed by atoms with van der Waals surface area (Å²) in [6, 6.07) is 0. The van der Waals surface area contributed by atoms with Crippen molar-refractivity contribution in [2.75, 3.05) is 18.1 Å². The van der Waals surface area contributed by atoms with Crippen LogP contribution in [0.5, 0.6) is 0 Å². The first-order valence-electron chi connectivity index (χ1n) is 9.17. The van der Waals surface area contributed by atoms with Crippen LogP contribution in [0.3, 0.4) is 0 Å². The number of rotatable bonds is 17. The van der Waals surface area contributed by atoms with Crippen molar-refractivity contribution in [3.63, 3.8) is 0 Å². The second-order valence-electron chi connectivity index (χ2n) is 5.92. The first-order chi connectivity index (χ1) is 10.3. The summed E-state index contributed by atoms with van der Waals surface area (Å²) in [6.45, 7) is 7.53. The molecule has 0 radical (unpaired) electrons. The largest absolute Gasteiger partial charge is 0.378 e. The van der Waals surface area contributed by atoms with Crippen LogP contribution in [0.4, 0.5) is 0 Å². The molecule has 1 nitrogen and oxygen atoms in total. The maximum atomic E-state index is 5.66. The van der Waals surface area contributed by atoms with Crippen molar-refractivity contribution in [1.29, 1.82) is 0 Å². The first-order valence-corrected chi connectivity index (χ1v) is 11.7. The second kappa shape index (κ2) is 18.7. The van der Waals surface area contributed by atoms with Gasteiger partial charge in [-0.1, -0.05) is 93.2 Å². The summed E-state index contributed by atoms with van der Waals surface area (Å²) >= 11 is 0. The summed E-state index contributed by atoms with van der Waals surface area (Å²) < 4.78 is 5.66. The Labute approximate surface area is 142 Å². The van der Waals surface area contributed by atoms with E-state index in [9.17, 15) is 0 Å². The summed E-state index contributed by atoms with van der Waals surface area (Å²) in [6.07, 6.45) is 15.9. The van der Waals surface area contributed by atoms with Gasteiger partial charge in [-0.15, -0.1) is 0 Å². The van der Waals surface area contributed by atoms with E-state index in [1.807, 2.05) is 21.6 Å². The van der Waals surface area contributed by atoms with Crippen LogP contribution in [0.25, 0.3) is 0 Å². The van der Waals surface area contributed by atoms with E-state index in [0.717, 1.165) is 18.8 Å². The first kappa shape index (κ1) is 21.7. The Hall–Kier alpha value is 0.660. The molecule has 0 aromatic heterocycles. The topological polar surface area (TPSA) is 9.23 Å². The molecule has 0 spiro atoms. The van der Waals surface area contributed by atoms with Gasteiger partial charge >= 0.3 is 0 Å². The predicted octanol–water partition coefficient (Wildman–Crippen LogP) is 7.10. The van der Waals surface area contributed by atoms with E-state index in [2.05, 4.69) is 20.8 Å². The average molecular weight is 335 g/mol. The molecule has 0 heterocycles. The van der Waals surface area contributed by atoms with E-state index in [1.54, 1.807) is 0 Å². The Bertz CT molecular complexity index is 188. The Balaban J connectivity index is 2.96. The molecule has 0 fully saturated rings. The van der Waals surface area contributed by atoms with Gasteiger partial charge in [0.15, 0.2) is 0 Å². The normalized spacial score (nSPS) is 12.7. The van der Waals surface area contributed by atoms with Crippen molar-refractivity contribution < 1.29 is 4.74 Å². The van der Waals surface area contributed by atoms with Crippen LogP contribution in [-0.2, 0) is 4.74 Å². The fourth-order valence-electron chi connectivity index (χ4n) is 2.17. The van der Waals surface area contributed by atoms with Crippen molar-refractivity contribution in [3.8, 4) is 0 Å². The summed E-state index contributed by atoms with van der Waals surface area (Å²) in [5.41, 5.74) is 0. The lowest BCUT2D eigenvalue weighted by atomic mass is 10.1. The maximum Gasteiger partial charge on any atom is 0.0568 e. The van der Waals surface area contributed by atoms with Crippen molar-refractivity contribution in [1.82, 2.24) is 0 Å². The zero-order chi connectivity index (χ0) is 15.6. The minimum absolute atomic E-state index is 0.428. The molecule has 0 aliphatic heterocycles. The lowest BCUT2D eigenvalue weighted by Gasteiger charge is -2.09. The minimum atomic E-state index is 0.428. The van der Waals surface area contributed by atoms with Crippen molar-refractivity contribution in [3.05, 3.63) is 0 Å². The molecule has 0 saturated carbocycles. The molecule has 0 bridgehead atoms. The molecule has 21 heavy (non-hydrogen) atoms. The Morgan fingerprint density at radius 3 is 1.81 bits per heavy atom. The van der Waals surface area contributed by atoms with Crippen LogP contribution in [0.15, 0.2) is 0 Å². The number of hydrogen-bond acceptors (Lipinski definition) is 3. The molecule has 128 valence electrons. The average Bonchev–Trinajstić information content (AvgIpc) is 2.50. The van der Waals surface area contributed by atoms with Gasteiger partial charge in [-0.05, 0) is 19.8 Å². The molecule has 0 aromatic rings. The van der Waals surface area contributed by atoms with Crippen LogP contribution >= 0.6 is 21.6 Å². The highest BCUT2D eigenvalue weighted by Gasteiger charge is 1.98. The smallest absolute Gasteiger partial charge is 0.0568 e.